The standard InChI is InChI=1S/C6H11ClO2/c1-5(4-8)6(9)2-3-7/h4-6,9H,2-3H2,1H3/t5-,6?/m1/s1. The number of hydrogen-bond donors (Lipinski definition) is 1. The Morgan fingerprint density at radius 2 is 2.33 bits per heavy atom. The lowest BCUT2D eigenvalue weighted by molar-refractivity contribution is -0.113. The number of alkyl halides is 1. The fraction of sp³-hybridized carbons (Fsp3) is 0.833. The van der Waals surface area contributed by atoms with Crippen LogP contribution in [0.4, 0.5) is 0 Å². The van der Waals surface area contributed by atoms with Gasteiger partial charge in [-0.05, 0) is 6.42 Å². The van der Waals surface area contributed by atoms with E-state index in [0.29, 0.717) is 12.3 Å². The second-order valence-corrected chi connectivity index (χ2v) is 2.42. The van der Waals surface area contributed by atoms with Crippen LogP contribution in [0.15, 0.2) is 0 Å². The molecule has 0 aliphatic heterocycles. The molecule has 0 aliphatic carbocycles. The molecule has 1 unspecified atom stereocenters. The number of aldehydes is 1. The van der Waals surface area contributed by atoms with E-state index in [9.17, 15) is 4.79 Å². The zero-order valence-corrected chi connectivity index (χ0v) is 6.14. The van der Waals surface area contributed by atoms with Crippen LogP contribution in [0.25, 0.3) is 0 Å². The zero-order chi connectivity index (χ0) is 7.28. The highest BCUT2D eigenvalue weighted by Gasteiger charge is 2.10. The molecule has 0 spiro atoms. The van der Waals surface area contributed by atoms with E-state index in [2.05, 4.69) is 0 Å². The van der Waals surface area contributed by atoms with Gasteiger partial charge in [0.25, 0.3) is 0 Å². The maximum atomic E-state index is 10.0. The third kappa shape index (κ3) is 3.49. The van der Waals surface area contributed by atoms with Gasteiger partial charge in [-0.2, -0.15) is 0 Å². The van der Waals surface area contributed by atoms with E-state index in [-0.39, 0.29) is 5.92 Å². The molecule has 3 heteroatoms. The SMILES string of the molecule is C[C@H](C=O)C(O)CCCl. The van der Waals surface area contributed by atoms with Crippen LogP contribution in [0.3, 0.4) is 0 Å². The summed E-state index contributed by atoms with van der Waals surface area (Å²) in [6, 6.07) is 0. The molecule has 0 aromatic carbocycles. The highest BCUT2D eigenvalue weighted by molar-refractivity contribution is 6.17. The van der Waals surface area contributed by atoms with Crippen molar-refractivity contribution in [2.45, 2.75) is 19.4 Å². The van der Waals surface area contributed by atoms with Crippen LogP contribution >= 0.6 is 11.6 Å². The summed E-state index contributed by atoms with van der Waals surface area (Å²) in [7, 11) is 0. The van der Waals surface area contributed by atoms with E-state index in [4.69, 9.17) is 16.7 Å². The molecule has 0 rings (SSSR count). The van der Waals surface area contributed by atoms with Crippen molar-refractivity contribution >= 4 is 17.9 Å². The first kappa shape index (κ1) is 8.92. The van der Waals surface area contributed by atoms with Crippen LogP contribution in [0, 0.1) is 5.92 Å². The molecular weight excluding hydrogens is 140 g/mol. The Balaban J connectivity index is 3.44. The van der Waals surface area contributed by atoms with Crippen LogP contribution in [-0.2, 0) is 4.79 Å². The molecule has 0 fully saturated rings. The van der Waals surface area contributed by atoms with Gasteiger partial charge in [0.2, 0.25) is 0 Å². The molecule has 2 atom stereocenters. The zero-order valence-electron chi connectivity index (χ0n) is 5.38. The number of hydrogen-bond acceptors (Lipinski definition) is 2. The second-order valence-electron chi connectivity index (χ2n) is 2.04. The van der Waals surface area contributed by atoms with E-state index in [1.807, 2.05) is 0 Å². The number of aliphatic hydroxyl groups is 1. The third-order valence-electron chi connectivity index (χ3n) is 1.23. The molecule has 0 aromatic rings. The van der Waals surface area contributed by atoms with Crippen molar-refractivity contribution in [1.29, 1.82) is 0 Å². The van der Waals surface area contributed by atoms with Gasteiger partial charge in [-0.25, -0.2) is 0 Å². The molecule has 54 valence electrons. The molecular formula is C6H11ClO2. The molecule has 0 amide bonds. The van der Waals surface area contributed by atoms with E-state index >= 15 is 0 Å². The van der Waals surface area contributed by atoms with Gasteiger partial charge in [0.15, 0.2) is 0 Å². The van der Waals surface area contributed by atoms with Gasteiger partial charge in [0.05, 0.1) is 6.10 Å². The van der Waals surface area contributed by atoms with Crippen molar-refractivity contribution < 1.29 is 9.90 Å². The Labute approximate surface area is 59.8 Å². The van der Waals surface area contributed by atoms with Gasteiger partial charge in [0.1, 0.15) is 6.29 Å². The van der Waals surface area contributed by atoms with Gasteiger partial charge in [0, 0.05) is 11.8 Å². The average molecular weight is 151 g/mol. The highest BCUT2D eigenvalue weighted by atomic mass is 35.5. The number of rotatable bonds is 4. The van der Waals surface area contributed by atoms with Crippen LogP contribution in [-0.4, -0.2) is 23.4 Å². The van der Waals surface area contributed by atoms with Crippen molar-refractivity contribution in [2.75, 3.05) is 5.88 Å². The van der Waals surface area contributed by atoms with E-state index < -0.39 is 6.10 Å². The molecule has 2 nitrogen and oxygen atoms in total. The first-order valence-electron chi connectivity index (χ1n) is 2.91. The summed E-state index contributed by atoms with van der Waals surface area (Å²) in [6.45, 7) is 1.67. The molecule has 0 saturated carbocycles. The Bertz CT molecular complexity index is 85.1. The molecule has 0 radical (unpaired) electrons. The van der Waals surface area contributed by atoms with Crippen molar-refractivity contribution in [1.82, 2.24) is 0 Å². The van der Waals surface area contributed by atoms with Gasteiger partial charge in [-0.15, -0.1) is 11.6 Å². The summed E-state index contributed by atoms with van der Waals surface area (Å²) in [5.74, 6) is 0.114. The van der Waals surface area contributed by atoms with Crippen LogP contribution in [0.2, 0.25) is 0 Å². The van der Waals surface area contributed by atoms with Gasteiger partial charge < -0.3 is 9.90 Å². The van der Waals surface area contributed by atoms with Gasteiger partial charge in [-0.1, -0.05) is 6.92 Å². The Morgan fingerprint density at radius 3 is 2.67 bits per heavy atom. The fourth-order valence-electron chi connectivity index (χ4n) is 0.465. The quantitative estimate of drug-likeness (QED) is 0.476. The number of carbonyl (C=O) groups excluding carboxylic acids is 1. The minimum absolute atomic E-state index is 0.288. The minimum Gasteiger partial charge on any atom is -0.392 e. The van der Waals surface area contributed by atoms with Crippen molar-refractivity contribution in [3.05, 3.63) is 0 Å². The maximum Gasteiger partial charge on any atom is 0.125 e. The number of halogens is 1. The molecule has 0 aliphatic rings. The number of aliphatic hydroxyl groups excluding tert-OH is 1. The number of carbonyl (C=O) groups is 1. The fourth-order valence-corrected chi connectivity index (χ4v) is 0.689. The summed E-state index contributed by atoms with van der Waals surface area (Å²) in [4.78, 5) is 10.0. The summed E-state index contributed by atoms with van der Waals surface area (Å²) < 4.78 is 0. The topological polar surface area (TPSA) is 37.3 Å². The van der Waals surface area contributed by atoms with Crippen LogP contribution in [0.1, 0.15) is 13.3 Å². The lowest BCUT2D eigenvalue weighted by atomic mass is 10.1. The third-order valence-corrected chi connectivity index (χ3v) is 1.44. The smallest absolute Gasteiger partial charge is 0.125 e. The molecule has 9 heavy (non-hydrogen) atoms. The predicted octanol–water partition coefficient (Wildman–Crippen LogP) is 0.811. The molecule has 0 heterocycles. The van der Waals surface area contributed by atoms with Crippen LogP contribution in [0.5, 0.6) is 0 Å². The summed E-state index contributed by atoms with van der Waals surface area (Å²) in [5, 5.41) is 9.00. The lowest BCUT2D eigenvalue weighted by Gasteiger charge is -2.09. The van der Waals surface area contributed by atoms with Crippen molar-refractivity contribution in [2.24, 2.45) is 5.92 Å². The largest absolute Gasteiger partial charge is 0.392 e. The van der Waals surface area contributed by atoms with E-state index in [1.54, 1.807) is 6.92 Å². The monoisotopic (exact) mass is 150 g/mol. The molecule has 0 saturated heterocycles. The molecule has 0 aromatic heterocycles. The Hall–Kier alpha value is -0.0800. The predicted molar refractivity (Wildman–Crippen MR) is 36.6 cm³/mol. The van der Waals surface area contributed by atoms with Gasteiger partial charge in [-0.3, -0.25) is 0 Å². The molecule has 1 N–H and O–H groups in total. The maximum absolute atomic E-state index is 10.0. The lowest BCUT2D eigenvalue weighted by Crippen LogP contribution is -2.18. The van der Waals surface area contributed by atoms with Gasteiger partial charge >= 0.3 is 0 Å². The average Bonchev–Trinajstić information content (AvgIpc) is 1.87. The highest BCUT2D eigenvalue weighted by Crippen LogP contribution is 2.03. The Morgan fingerprint density at radius 1 is 1.78 bits per heavy atom. The summed E-state index contributed by atoms with van der Waals surface area (Å²) >= 11 is 5.32. The van der Waals surface area contributed by atoms with E-state index in [0.717, 1.165) is 6.29 Å². The Kier molecular flexibility index (Phi) is 4.72. The first-order chi connectivity index (χ1) is 4.22. The normalized spacial score (nSPS) is 16.8. The van der Waals surface area contributed by atoms with E-state index in [1.165, 1.54) is 0 Å². The van der Waals surface area contributed by atoms with Crippen molar-refractivity contribution in [3.63, 3.8) is 0 Å². The summed E-state index contributed by atoms with van der Waals surface area (Å²) in [5.41, 5.74) is 0. The minimum atomic E-state index is -0.569. The van der Waals surface area contributed by atoms with Crippen LogP contribution < -0.4 is 0 Å². The van der Waals surface area contributed by atoms with Crippen molar-refractivity contribution in [3.8, 4) is 0 Å². The molecule has 0 bridgehead atoms. The first-order valence-corrected chi connectivity index (χ1v) is 3.45. The second kappa shape index (κ2) is 4.77. The summed E-state index contributed by atoms with van der Waals surface area (Å²) in [6.07, 6.45) is 0.651.